The Morgan fingerprint density at radius 2 is 1.88 bits per heavy atom. The topological polar surface area (TPSA) is 58.4 Å². The fourth-order valence-electron chi connectivity index (χ4n) is 2.58. The third-order valence-corrected chi connectivity index (χ3v) is 3.87. The number of carbonyl (C=O) groups excluding carboxylic acids is 1. The number of carbonyl (C=O) groups is 1. The maximum atomic E-state index is 11.5. The molecule has 16 heavy (non-hydrogen) atoms. The molecule has 4 nitrogen and oxygen atoms in total. The molecule has 1 saturated heterocycles. The first-order chi connectivity index (χ1) is 7.30. The van der Waals surface area contributed by atoms with Gasteiger partial charge in [0.1, 0.15) is 0 Å². The summed E-state index contributed by atoms with van der Waals surface area (Å²) in [5.74, 6) is 1.30. The zero-order valence-corrected chi connectivity index (χ0v) is 10.7. The standard InChI is InChI=1S/C12H23N3O/c1-7(13)11(16)14-10-8-5-15(6-9(8)10)12(2,3)4/h7-10H,5-6,13H2,1-4H3,(H,14,16)/t7-,8?,9?,10?/m0/s1. The minimum atomic E-state index is -0.389. The lowest BCUT2D eigenvalue weighted by Crippen LogP contribution is -2.46. The number of likely N-dealkylation sites (tertiary alicyclic amines) is 1. The predicted molar refractivity (Wildman–Crippen MR) is 63.9 cm³/mol. The van der Waals surface area contributed by atoms with E-state index in [0.717, 1.165) is 13.1 Å². The number of nitrogens with zero attached hydrogens (tertiary/aromatic N) is 1. The molecular formula is C12H23N3O. The number of nitrogens with one attached hydrogen (secondary N) is 1. The lowest BCUT2D eigenvalue weighted by atomic mass is 10.1. The van der Waals surface area contributed by atoms with Crippen molar-refractivity contribution >= 4 is 5.91 Å². The highest BCUT2D eigenvalue weighted by Gasteiger charge is 2.57. The number of piperidine rings is 1. The van der Waals surface area contributed by atoms with Crippen LogP contribution < -0.4 is 11.1 Å². The average molecular weight is 225 g/mol. The van der Waals surface area contributed by atoms with Gasteiger partial charge in [0.2, 0.25) is 5.91 Å². The van der Waals surface area contributed by atoms with E-state index in [1.165, 1.54) is 0 Å². The van der Waals surface area contributed by atoms with E-state index in [0.29, 0.717) is 17.9 Å². The fraction of sp³-hybridized carbons (Fsp3) is 0.917. The molecule has 1 aliphatic heterocycles. The van der Waals surface area contributed by atoms with Crippen molar-refractivity contribution in [2.45, 2.75) is 45.3 Å². The van der Waals surface area contributed by atoms with Gasteiger partial charge >= 0.3 is 0 Å². The van der Waals surface area contributed by atoms with Crippen molar-refractivity contribution < 1.29 is 4.79 Å². The van der Waals surface area contributed by atoms with Crippen molar-refractivity contribution in [3.8, 4) is 0 Å². The van der Waals surface area contributed by atoms with E-state index >= 15 is 0 Å². The Balaban J connectivity index is 1.81. The highest BCUT2D eigenvalue weighted by atomic mass is 16.2. The monoisotopic (exact) mass is 225 g/mol. The van der Waals surface area contributed by atoms with Gasteiger partial charge in [-0.15, -0.1) is 0 Å². The average Bonchev–Trinajstić information content (AvgIpc) is 2.60. The van der Waals surface area contributed by atoms with E-state index in [9.17, 15) is 4.79 Å². The van der Waals surface area contributed by atoms with E-state index < -0.39 is 0 Å². The number of amides is 1. The van der Waals surface area contributed by atoms with Gasteiger partial charge in [0.15, 0.2) is 0 Å². The van der Waals surface area contributed by atoms with Crippen LogP contribution in [0.2, 0.25) is 0 Å². The molecule has 0 aromatic heterocycles. The van der Waals surface area contributed by atoms with E-state index in [4.69, 9.17) is 5.73 Å². The van der Waals surface area contributed by atoms with Crippen molar-refractivity contribution in [2.75, 3.05) is 13.1 Å². The number of fused-ring (bicyclic) bond motifs is 1. The van der Waals surface area contributed by atoms with Crippen LogP contribution in [0.3, 0.4) is 0 Å². The minimum Gasteiger partial charge on any atom is -0.351 e. The van der Waals surface area contributed by atoms with Crippen LogP contribution in [-0.2, 0) is 4.79 Å². The normalized spacial score (nSPS) is 35.7. The van der Waals surface area contributed by atoms with Crippen LogP contribution in [0.4, 0.5) is 0 Å². The van der Waals surface area contributed by atoms with Crippen LogP contribution >= 0.6 is 0 Å². The Kier molecular flexibility index (Phi) is 2.75. The molecule has 3 N–H and O–H groups in total. The van der Waals surface area contributed by atoms with Gasteiger partial charge < -0.3 is 11.1 Å². The molecule has 0 radical (unpaired) electrons. The zero-order chi connectivity index (χ0) is 12.1. The molecular weight excluding hydrogens is 202 g/mol. The van der Waals surface area contributed by atoms with Crippen molar-refractivity contribution in [3.05, 3.63) is 0 Å². The van der Waals surface area contributed by atoms with Crippen LogP contribution in [-0.4, -0.2) is 41.5 Å². The maximum absolute atomic E-state index is 11.5. The van der Waals surface area contributed by atoms with E-state index in [1.807, 2.05) is 0 Å². The maximum Gasteiger partial charge on any atom is 0.236 e. The van der Waals surface area contributed by atoms with Crippen LogP contribution in [0, 0.1) is 11.8 Å². The Bertz CT molecular complexity index is 283. The van der Waals surface area contributed by atoms with Crippen LogP contribution in [0.15, 0.2) is 0 Å². The van der Waals surface area contributed by atoms with Gasteiger partial charge in [-0.25, -0.2) is 0 Å². The molecule has 2 fully saturated rings. The summed E-state index contributed by atoms with van der Waals surface area (Å²) in [6, 6.07) is -0.00264. The lowest BCUT2D eigenvalue weighted by molar-refractivity contribution is -0.122. The summed E-state index contributed by atoms with van der Waals surface area (Å²) in [7, 11) is 0. The third kappa shape index (κ3) is 2.09. The molecule has 0 aromatic rings. The van der Waals surface area contributed by atoms with Crippen LogP contribution in [0.25, 0.3) is 0 Å². The van der Waals surface area contributed by atoms with E-state index in [1.54, 1.807) is 6.92 Å². The molecule has 1 amide bonds. The van der Waals surface area contributed by atoms with Crippen LogP contribution in [0.1, 0.15) is 27.7 Å². The summed E-state index contributed by atoms with van der Waals surface area (Å²) < 4.78 is 0. The molecule has 2 rings (SSSR count). The van der Waals surface area contributed by atoms with E-state index in [2.05, 4.69) is 31.0 Å². The molecule has 1 heterocycles. The molecule has 0 bridgehead atoms. The summed E-state index contributed by atoms with van der Waals surface area (Å²) in [4.78, 5) is 13.9. The first kappa shape index (κ1) is 11.9. The van der Waals surface area contributed by atoms with Gasteiger partial charge in [0.05, 0.1) is 6.04 Å². The highest BCUT2D eigenvalue weighted by molar-refractivity contribution is 5.81. The second-order valence-electron chi connectivity index (χ2n) is 6.23. The van der Waals surface area contributed by atoms with Gasteiger partial charge in [-0.3, -0.25) is 9.69 Å². The summed E-state index contributed by atoms with van der Waals surface area (Å²) in [5.41, 5.74) is 5.79. The number of hydrogen-bond acceptors (Lipinski definition) is 3. The Morgan fingerprint density at radius 1 is 1.38 bits per heavy atom. The smallest absolute Gasteiger partial charge is 0.236 e. The van der Waals surface area contributed by atoms with Crippen molar-refractivity contribution in [1.82, 2.24) is 10.2 Å². The quantitative estimate of drug-likeness (QED) is 0.705. The molecule has 1 saturated carbocycles. The number of nitrogens with two attached hydrogens (primary N) is 1. The van der Waals surface area contributed by atoms with E-state index in [-0.39, 0.29) is 17.5 Å². The molecule has 3 atom stereocenters. The number of rotatable bonds is 2. The van der Waals surface area contributed by atoms with Gasteiger partial charge in [0.25, 0.3) is 0 Å². The predicted octanol–water partition coefficient (Wildman–Crippen LogP) is 0.179. The second-order valence-corrected chi connectivity index (χ2v) is 6.23. The van der Waals surface area contributed by atoms with Crippen molar-refractivity contribution in [1.29, 1.82) is 0 Å². The van der Waals surface area contributed by atoms with Gasteiger partial charge in [-0.1, -0.05) is 0 Å². The molecule has 2 unspecified atom stereocenters. The minimum absolute atomic E-state index is 0.0123. The Morgan fingerprint density at radius 3 is 2.25 bits per heavy atom. The first-order valence-electron chi connectivity index (χ1n) is 6.11. The molecule has 0 spiro atoms. The summed E-state index contributed by atoms with van der Waals surface area (Å²) in [6.45, 7) is 10.7. The van der Waals surface area contributed by atoms with Gasteiger partial charge in [-0.05, 0) is 39.5 Å². The second kappa shape index (κ2) is 3.70. The molecule has 0 aromatic carbocycles. The SMILES string of the molecule is C[C@H](N)C(=O)NC1C2CN(C(C)(C)C)CC21. The summed E-state index contributed by atoms with van der Waals surface area (Å²) in [6.07, 6.45) is 0. The van der Waals surface area contributed by atoms with Crippen LogP contribution in [0.5, 0.6) is 0 Å². The Labute approximate surface area is 97.6 Å². The van der Waals surface area contributed by atoms with Gasteiger partial charge in [0, 0.05) is 24.7 Å². The van der Waals surface area contributed by atoms with Gasteiger partial charge in [-0.2, -0.15) is 0 Å². The summed E-state index contributed by atoms with van der Waals surface area (Å²) >= 11 is 0. The van der Waals surface area contributed by atoms with Crippen molar-refractivity contribution in [3.63, 3.8) is 0 Å². The third-order valence-electron chi connectivity index (χ3n) is 3.87. The first-order valence-corrected chi connectivity index (χ1v) is 6.11. The molecule has 2 aliphatic rings. The molecule has 1 aliphatic carbocycles. The molecule has 4 heteroatoms. The fourth-order valence-corrected chi connectivity index (χ4v) is 2.58. The zero-order valence-electron chi connectivity index (χ0n) is 10.7. The van der Waals surface area contributed by atoms with Crippen molar-refractivity contribution in [2.24, 2.45) is 17.6 Å². The molecule has 92 valence electrons. The number of hydrogen-bond donors (Lipinski definition) is 2. The Hall–Kier alpha value is -0.610. The largest absolute Gasteiger partial charge is 0.351 e. The summed E-state index contributed by atoms with van der Waals surface area (Å²) in [5, 5.41) is 3.04. The highest BCUT2D eigenvalue weighted by Crippen LogP contribution is 2.47. The lowest BCUT2D eigenvalue weighted by Gasteiger charge is -2.33.